The fourth-order valence-corrected chi connectivity index (χ4v) is 2.13. The number of carbonyl (C=O) groups is 1. The van der Waals surface area contributed by atoms with Crippen molar-refractivity contribution in [1.29, 1.82) is 0 Å². The van der Waals surface area contributed by atoms with E-state index >= 15 is 0 Å². The number of hydrogen-bond acceptors (Lipinski definition) is 4. The van der Waals surface area contributed by atoms with Gasteiger partial charge in [-0.15, -0.1) is 0 Å². The summed E-state index contributed by atoms with van der Waals surface area (Å²) in [7, 11) is 3.55. The number of H-pyrrole nitrogens is 1. The van der Waals surface area contributed by atoms with Crippen molar-refractivity contribution >= 4 is 17.4 Å². The van der Waals surface area contributed by atoms with E-state index < -0.39 is 0 Å². The molecule has 6 heteroatoms. The third-order valence-electron chi connectivity index (χ3n) is 2.94. The Morgan fingerprint density at radius 3 is 3.00 bits per heavy atom. The predicted molar refractivity (Wildman–Crippen MR) is 62.1 cm³/mol. The summed E-state index contributed by atoms with van der Waals surface area (Å²) in [6.45, 7) is 0.855. The Bertz CT molecular complexity index is 386. The lowest BCUT2D eigenvalue weighted by Crippen LogP contribution is -2.42. The highest BCUT2D eigenvalue weighted by Crippen LogP contribution is 2.29. The number of aromatic amines is 1. The van der Waals surface area contributed by atoms with Crippen LogP contribution in [0.3, 0.4) is 0 Å². The van der Waals surface area contributed by atoms with Gasteiger partial charge in [0.15, 0.2) is 0 Å². The summed E-state index contributed by atoms with van der Waals surface area (Å²) in [5, 5.41) is 6.58. The molecule has 0 radical (unpaired) electrons. The first-order chi connectivity index (χ1) is 7.61. The summed E-state index contributed by atoms with van der Waals surface area (Å²) in [6.07, 6.45) is 3.56. The van der Waals surface area contributed by atoms with Gasteiger partial charge in [-0.05, 0) is 12.8 Å². The number of nitrogens with two attached hydrogens (primary N) is 1. The second-order valence-electron chi connectivity index (χ2n) is 4.25. The molecule has 1 amide bonds. The largest absolute Gasteiger partial charge is 0.382 e. The number of nitrogens with zero attached hydrogens (tertiary/aromatic N) is 3. The van der Waals surface area contributed by atoms with Crippen LogP contribution in [0.15, 0.2) is 6.20 Å². The van der Waals surface area contributed by atoms with Crippen molar-refractivity contribution in [2.75, 3.05) is 31.3 Å². The quantitative estimate of drug-likeness (QED) is 0.742. The fraction of sp³-hybridized carbons (Fsp3) is 0.600. The van der Waals surface area contributed by atoms with Crippen LogP contribution < -0.4 is 10.6 Å². The highest BCUT2D eigenvalue weighted by Gasteiger charge is 2.33. The minimum atomic E-state index is -0.102. The minimum Gasteiger partial charge on any atom is -0.382 e. The van der Waals surface area contributed by atoms with E-state index in [1.54, 1.807) is 25.2 Å². The zero-order chi connectivity index (χ0) is 11.7. The molecule has 6 nitrogen and oxygen atoms in total. The van der Waals surface area contributed by atoms with E-state index in [9.17, 15) is 4.79 Å². The van der Waals surface area contributed by atoms with Crippen molar-refractivity contribution in [2.45, 2.75) is 18.9 Å². The Hall–Kier alpha value is -1.72. The van der Waals surface area contributed by atoms with Crippen molar-refractivity contribution in [3.05, 3.63) is 6.20 Å². The molecular weight excluding hydrogens is 206 g/mol. The van der Waals surface area contributed by atoms with Gasteiger partial charge in [-0.25, -0.2) is 0 Å². The molecule has 1 aromatic rings. The van der Waals surface area contributed by atoms with Gasteiger partial charge >= 0.3 is 0 Å². The molecule has 0 aliphatic carbocycles. The molecule has 16 heavy (non-hydrogen) atoms. The monoisotopic (exact) mass is 223 g/mol. The number of nitrogen functional groups attached to an aromatic ring is 1. The molecule has 0 bridgehead atoms. The number of carbonyl (C=O) groups excluding carboxylic acids is 1. The average Bonchev–Trinajstić information content (AvgIpc) is 2.84. The Balaban J connectivity index is 2.22. The Morgan fingerprint density at radius 2 is 2.44 bits per heavy atom. The zero-order valence-corrected chi connectivity index (χ0v) is 9.60. The lowest BCUT2D eigenvalue weighted by molar-refractivity contribution is -0.129. The topological polar surface area (TPSA) is 78.2 Å². The molecule has 1 atom stereocenters. The normalized spacial score (nSPS) is 20.1. The van der Waals surface area contributed by atoms with Gasteiger partial charge < -0.3 is 15.5 Å². The van der Waals surface area contributed by atoms with E-state index in [2.05, 4.69) is 10.2 Å². The van der Waals surface area contributed by atoms with E-state index in [1.165, 1.54) is 0 Å². The first kappa shape index (κ1) is 10.8. The van der Waals surface area contributed by atoms with Crippen LogP contribution in [-0.4, -0.2) is 47.7 Å². The molecule has 1 fully saturated rings. The van der Waals surface area contributed by atoms with E-state index in [0.717, 1.165) is 25.1 Å². The van der Waals surface area contributed by atoms with Gasteiger partial charge in [0.1, 0.15) is 11.9 Å². The number of rotatable bonds is 2. The molecule has 1 unspecified atom stereocenters. The van der Waals surface area contributed by atoms with Crippen LogP contribution in [0.2, 0.25) is 0 Å². The van der Waals surface area contributed by atoms with Crippen molar-refractivity contribution in [1.82, 2.24) is 15.1 Å². The molecule has 0 spiro atoms. The number of likely N-dealkylation sites (N-methyl/N-ethyl adjacent to an activating group) is 1. The number of nitrogens with one attached hydrogen (secondary N) is 1. The first-order valence-corrected chi connectivity index (χ1v) is 5.38. The Morgan fingerprint density at radius 1 is 1.69 bits per heavy atom. The summed E-state index contributed by atoms with van der Waals surface area (Å²) < 4.78 is 0. The van der Waals surface area contributed by atoms with Crippen molar-refractivity contribution in [3.8, 4) is 0 Å². The lowest BCUT2D eigenvalue weighted by atomic mass is 10.2. The van der Waals surface area contributed by atoms with Crippen LogP contribution in [0.25, 0.3) is 0 Å². The minimum absolute atomic E-state index is 0.102. The summed E-state index contributed by atoms with van der Waals surface area (Å²) in [5.74, 6) is 0.650. The van der Waals surface area contributed by atoms with E-state index in [4.69, 9.17) is 5.73 Å². The number of amides is 1. The van der Waals surface area contributed by atoms with Crippen LogP contribution in [-0.2, 0) is 4.79 Å². The maximum atomic E-state index is 12.0. The maximum absolute atomic E-state index is 12.0. The highest BCUT2D eigenvalue weighted by atomic mass is 16.2. The number of anilines is 2. The SMILES string of the molecule is CN(C)C(=O)C1CCCN1c1cn[nH]c1N. The van der Waals surface area contributed by atoms with Crippen molar-refractivity contribution < 1.29 is 4.79 Å². The van der Waals surface area contributed by atoms with Crippen molar-refractivity contribution in [3.63, 3.8) is 0 Å². The van der Waals surface area contributed by atoms with Gasteiger partial charge in [0, 0.05) is 20.6 Å². The molecule has 88 valence electrons. The third-order valence-corrected chi connectivity index (χ3v) is 2.94. The molecule has 0 saturated carbocycles. The van der Waals surface area contributed by atoms with E-state index in [-0.39, 0.29) is 11.9 Å². The smallest absolute Gasteiger partial charge is 0.244 e. The molecule has 1 aromatic heterocycles. The van der Waals surface area contributed by atoms with Gasteiger partial charge in [-0.2, -0.15) is 5.10 Å². The van der Waals surface area contributed by atoms with Crippen LogP contribution in [0.1, 0.15) is 12.8 Å². The molecule has 2 rings (SSSR count). The second kappa shape index (κ2) is 4.03. The fourth-order valence-electron chi connectivity index (χ4n) is 2.13. The standard InChI is InChI=1S/C10H17N5O/c1-14(2)10(16)7-4-3-5-15(7)8-6-12-13-9(8)11/h6-7H,3-5H2,1-2H3,(H3,11,12,13). The van der Waals surface area contributed by atoms with Gasteiger partial charge in [-0.3, -0.25) is 9.89 Å². The first-order valence-electron chi connectivity index (χ1n) is 5.38. The molecule has 3 N–H and O–H groups in total. The zero-order valence-electron chi connectivity index (χ0n) is 9.60. The lowest BCUT2D eigenvalue weighted by Gasteiger charge is -2.27. The summed E-state index contributed by atoms with van der Waals surface area (Å²) in [4.78, 5) is 15.6. The third kappa shape index (κ3) is 1.70. The van der Waals surface area contributed by atoms with Gasteiger partial charge in [0.05, 0.1) is 11.9 Å². The Kier molecular flexibility index (Phi) is 2.72. The number of aromatic nitrogens is 2. The predicted octanol–water partition coefficient (Wildman–Crippen LogP) is 0.0489. The van der Waals surface area contributed by atoms with E-state index in [1.807, 2.05) is 4.90 Å². The highest BCUT2D eigenvalue weighted by molar-refractivity contribution is 5.86. The van der Waals surface area contributed by atoms with Crippen molar-refractivity contribution in [2.24, 2.45) is 0 Å². The van der Waals surface area contributed by atoms with Gasteiger partial charge in [0.25, 0.3) is 0 Å². The van der Waals surface area contributed by atoms with Gasteiger partial charge in [0.2, 0.25) is 5.91 Å². The second-order valence-corrected chi connectivity index (χ2v) is 4.25. The van der Waals surface area contributed by atoms with E-state index in [0.29, 0.717) is 5.82 Å². The summed E-state index contributed by atoms with van der Waals surface area (Å²) in [6, 6.07) is -0.102. The summed E-state index contributed by atoms with van der Waals surface area (Å²) in [5.41, 5.74) is 6.61. The molecule has 1 aliphatic heterocycles. The van der Waals surface area contributed by atoms with Crippen LogP contribution in [0.5, 0.6) is 0 Å². The van der Waals surface area contributed by atoms with Crippen LogP contribution in [0, 0.1) is 0 Å². The molecular formula is C10H17N5O. The molecule has 1 aliphatic rings. The van der Waals surface area contributed by atoms with Crippen LogP contribution in [0.4, 0.5) is 11.5 Å². The maximum Gasteiger partial charge on any atom is 0.244 e. The molecule has 2 heterocycles. The molecule has 1 saturated heterocycles. The number of hydrogen-bond donors (Lipinski definition) is 2. The molecule has 0 aromatic carbocycles. The Labute approximate surface area is 94.4 Å². The average molecular weight is 223 g/mol. The van der Waals surface area contributed by atoms with Crippen LogP contribution >= 0.6 is 0 Å². The van der Waals surface area contributed by atoms with Gasteiger partial charge in [-0.1, -0.05) is 0 Å². The summed E-state index contributed by atoms with van der Waals surface area (Å²) >= 11 is 0.